The number of phenolic OH excluding ortho intramolecular Hbond substituents is 2. The molecule has 2 nitrogen and oxygen atoms in total. The van der Waals surface area contributed by atoms with Crippen molar-refractivity contribution in [3.8, 4) is 11.5 Å². The molecule has 0 aliphatic carbocycles. The van der Waals surface area contributed by atoms with E-state index in [1.807, 2.05) is 39.8 Å². The summed E-state index contributed by atoms with van der Waals surface area (Å²) in [6.45, 7) is 7.71. The van der Waals surface area contributed by atoms with E-state index in [1.165, 1.54) is 0 Å². The predicted molar refractivity (Wildman–Crippen MR) is 86.0 cm³/mol. The number of rotatable bonds is 2. The highest BCUT2D eigenvalue weighted by Crippen LogP contribution is 2.37. The Bertz CT molecular complexity index is 605. The summed E-state index contributed by atoms with van der Waals surface area (Å²) in [6.07, 6.45) is 0. The molecule has 0 bridgehead atoms. The minimum Gasteiger partial charge on any atom is -0.508 e. The van der Waals surface area contributed by atoms with Crippen LogP contribution in [0.15, 0.2) is 24.3 Å². The van der Waals surface area contributed by atoms with E-state index in [2.05, 4.69) is 0 Å². The van der Waals surface area contributed by atoms with Gasteiger partial charge in [0.15, 0.2) is 0 Å². The fourth-order valence-corrected chi connectivity index (χ4v) is 2.96. The van der Waals surface area contributed by atoms with Gasteiger partial charge in [0.1, 0.15) is 11.5 Å². The Morgan fingerprint density at radius 2 is 1.05 bits per heavy atom. The molecule has 0 saturated carbocycles. The summed E-state index contributed by atoms with van der Waals surface area (Å²) in [6, 6.07) is 7.50. The topological polar surface area (TPSA) is 40.5 Å². The summed E-state index contributed by atoms with van der Waals surface area (Å²) in [5, 5.41) is 19.4. The van der Waals surface area contributed by atoms with Crippen molar-refractivity contribution in [1.29, 1.82) is 0 Å². The molecule has 3 heteroatoms. The van der Waals surface area contributed by atoms with Gasteiger partial charge in [0, 0.05) is 0 Å². The molecule has 2 N–H and O–H groups in total. The molecule has 0 saturated heterocycles. The number of hydrogen-bond acceptors (Lipinski definition) is 3. The zero-order valence-corrected chi connectivity index (χ0v) is 13.1. The molecule has 0 unspecified atom stereocenters. The molecule has 0 aromatic heterocycles. The molecule has 0 heterocycles. The largest absolute Gasteiger partial charge is 0.508 e. The van der Waals surface area contributed by atoms with Gasteiger partial charge in [-0.25, -0.2) is 0 Å². The van der Waals surface area contributed by atoms with Crippen molar-refractivity contribution in [3.05, 3.63) is 57.6 Å². The molecular formula is C17H20O2S. The van der Waals surface area contributed by atoms with Crippen molar-refractivity contribution in [2.45, 2.75) is 32.9 Å². The maximum atomic E-state index is 9.75. The van der Waals surface area contributed by atoms with Crippen LogP contribution in [0.2, 0.25) is 0 Å². The standard InChI is InChI=1S/C17H20O2S/c1-9-7-15(18)11(3)5-13(9)17(20)14-6-12(4)16(19)8-10(14)2/h5-8,17-20H,1-4H3. The maximum absolute atomic E-state index is 9.75. The minimum atomic E-state index is -0.0754. The lowest BCUT2D eigenvalue weighted by Crippen LogP contribution is -2.00. The Hall–Kier alpha value is -1.61. The summed E-state index contributed by atoms with van der Waals surface area (Å²) in [7, 11) is 0. The highest BCUT2D eigenvalue weighted by molar-refractivity contribution is 7.80. The van der Waals surface area contributed by atoms with Gasteiger partial charge in [-0.2, -0.15) is 12.6 Å². The first kappa shape index (κ1) is 14.8. The lowest BCUT2D eigenvalue weighted by Gasteiger charge is -2.19. The summed E-state index contributed by atoms with van der Waals surface area (Å²) in [5.74, 6) is 0.621. The first-order valence-electron chi connectivity index (χ1n) is 6.59. The SMILES string of the molecule is Cc1cc(C(S)c2cc(C)c(O)cc2C)c(C)cc1O. The van der Waals surface area contributed by atoms with Crippen LogP contribution in [0, 0.1) is 27.7 Å². The first-order valence-corrected chi connectivity index (χ1v) is 7.11. The highest BCUT2D eigenvalue weighted by atomic mass is 32.1. The molecule has 0 spiro atoms. The Labute approximate surface area is 125 Å². The van der Waals surface area contributed by atoms with E-state index >= 15 is 0 Å². The first-order chi connectivity index (χ1) is 9.31. The number of aromatic hydroxyl groups is 2. The van der Waals surface area contributed by atoms with Crippen molar-refractivity contribution >= 4 is 12.6 Å². The Balaban J connectivity index is 2.54. The third-order valence-electron chi connectivity index (χ3n) is 3.76. The van der Waals surface area contributed by atoms with Crippen LogP contribution >= 0.6 is 12.6 Å². The molecule has 2 rings (SSSR count). The van der Waals surface area contributed by atoms with E-state index in [4.69, 9.17) is 12.6 Å². The van der Waals surface area contributed by atoms with Crippen LogP contribution < -0.4 is 0 Å². The average molecular weight is 288 g/mol. The number of benzene rings is 2. The summed E-state index contributed by atoms with van der Waals surface area (Å²) >= 11 is 4.75. The zero-order chi connectivity index (χ0) is 15.0. The van der Waals surface area contributed by atoms with Gasteiger partial charge in [-0.1, -0.05) is 12.1 Å². The molecule has 20 heavy (non-hydrogen) atoms. The Morgan fingerprint density at radius 3 is 1.40 bits per heavy atom. The summed E-state index contributed by atoms with van der Waals surface area (Å²) in [4.78, 5) is 0. The third-order valence-corrected chi connectivity index (χ3v) is 4.31. The molecule has 2 aromatic rings. The van der Waals surface area contributed by atoms with E-state index < -0.39 is 0 Å². The van der Waals surface area contributed by atoms with Crippen molar-refractivity contribution in [2.75, 3.05) is 0 Å². The van der Waals surface area contributed by atoms with Crippen molar-refractivity contribution in [1.82, 2.24) is 0 Å². The number of aryl methyl sites for hydroxylation is 4. The molecule has 0 aliphatic rings. The van der Waals surface area contributed by atoms with Gasteiger partial charge in [-0.3, -0.25) is 0 Å². The van der Waals surface area contributed by atoms with Gasteiger partial charge in [0.05, 0.1) is 5.25 Å². The fraction of sp³-hybridized carbons (Fsp3) is 0.294. The van der Waals surface area contributed by atoms with Gasteiger partial charge < -0.3 is 10.2 Å². The fourth-order valence-electron chi connectivity index (χ4n) is 2.40. The highest BCUT2D eigenvalue weighted by Gasteiger charge is 2.17. The second-order valence-corrected chi connectivity index (χ2v) is 5.91. The van der Waals surface area contributed by atoms with E-state index in [9.17, 15) is 10.2 Å². The summed E-state index contributed by atoms with van der Waals surface area (Å²) in [5.41, 5.74) is 5.88. The maximum Gasteiger partial charge on any atom is 0.118 e. The van der Waals surface area contributed by atoms with Crippen LogP contribution in [0.1, 0.15) is 38.6 Å². The number of phenols is 2. The van der Waals surface area contributed by atoms with Crippen LogP contribution in [-0.2, 0) is 0 Å². The van der Waals surface area contributed by atoms with E-state index in [0.29, 0.717) is 11.5 Å². The van der Waals surface area contributed by atoms with Gasteiger partial charge in [0.25, 0.3) is 0 Å². The number of thiol groups is 1. The van der Waals surface area contributed by atoms with E-state index in [1.54, 1.807) is 12.1 Å². The zero-order valence-electron chi connectivity index (χ0n) is 12.2. The molecule has 2 aromatic carbocycles. The van der Waals surface area contributed by atoms with Crippen molar-refractivity contribution in [3.63, 3.8) is 0 Å². The molecule has 0 fully saturated rings. The van der Waals surface area contributed by atoms with E-state index in [-0.39, 0.29) is 5.25 Å². The van der Waals surface area contributed by atoms with Crippen LogP contribution in [0.3, 0.4) is 0 Å². The van der Waals surface area contributed by atoms with Crippen LogP contribution in [0.5, 0.6) is 11.5 Å². The van der Waals surface area contributed by atoms with Crippen LogP contribution in [0.25, 0.3) is 0 Å². The van der Waals surface area contributed by atoms with E-state index in [0.717, 1.165) is 33.4 Å². The second kappa shape index (κ2) is 5.41. The van der Waals surface area contributed by atoms with Gasteiger partial charge in [-0.15, -0.1) is 0 Å². The smallest absolute Gasteiger partial charge is 0.118 e. The number of hydrogen-bond donors (Lipinski definition) is 3. The molecular weight excluding hydrogens is 268 g/mol. The molecule has 0 amide bonds. The van der Waals surface area contributed by atoms with Crippen LogP contribution in [-0.4, -0.2) is 10.2 Å². The molecule has 0 atom stereocenters. The predicted octanol–water partition coefficient (Wildman–Crippen LogP) is 4.35. The van der Waals surface area contributed by atoms with Gasteiger partial charge in [-0.05, 0) is 73.2 Å². The molecule has 0 aliphatic heterocycles. The van der Waals surface area contributed by atoms with Crippen molar-refractivity contribution < 1.29 is 10.2 Å². The normalized spacial score (nSPS) is 11.1. The lowest BCUT2D eigenvalue weighted by atomic mass is 9.93. The second-order valence-electron chi connectivity index (χ2n) is 5.39. The van der Waals surface area contributed by atoms with Crippen LogP contribution in [0.4, 0.5) is 0 Å². The Morgan fingerprint density at radius 1 is 0.700 bits per heavy atom. The minimum absolute atomic E-state index is 0.0754. The summed E-state index contributed by atoms with van der Waals surface area (Å²) < 4.78 is 0. The Kier molecular flexibility index (Phi) is 4.00. The quantitative estimate of drug-likeness (QED) is 0.719. The monoisotopic (exact) mass is 288 g/mol. The molecule has 106 valence electrons. The molecule has 0 radical (unpaired) electrons. The third kappa shape index (κ3) is 2.63. The average Bonchev–Trinajstić information content (AvgIpc) is 2.37. The lowest BCUT2D eigenvalue weighted by molar-refractivity contribution is 0.470. The van der Waals surface area contributed by atoms with Crippen molar-refractivity contribution in [2.24, 2.45) is 0 Å². The van der Waals surface area contributed by atoms with Gasteiger partial charge in [0.2, 0.25) is 0 Å². The van der Waals surface area contributed by atoms with Gasteiger partial charge >= 0.3 is 0 Å².